The molecule has 2 N–H and O–H groups in total. The summed E-state index contributed by atoms with van der Waals surface area (Å²) in [5.41, 5.74) is -1.25. The molecular formula is C18H25N3O4. The molecule has 2 aromatic rings. The van der Waals surface area contributed by atoms with Gasteiger partial charge in [0.25, 0.3) is 0 Å². The van der Waals surface area contributed by atoms with Crippen molar-refractivity contribution in [3.8, 4) is 0 Å². The first kappa shape index (κ1) is 17.7. The Labute approximate surface area is 146 Å². The highest BCUT2D eigenvalue weighted by molar-refractivity contribution is 5.76. The van der Waals surface area contributed by atoms with Crippen molar-refractivity contribution < 1.29 is 18.7 Å². The van der Waals surface area contributed by atoms with E-state index in [-0.39, 0.29) is 18.9 Å². The van der Waals surface area contributed by atoms with Gasteiger partial charge in [-0.15, -0.1) is 10.2 Å². The normalized spacial score (nSPS) is 17.6. The third kappa shape index (κ3) is 4.48. The molecule has 0 spiro atoms. The summed E-state index contributed by atoms with van der Waals surface area (Å²) >= 11 is 0. The summed E-state index contributed by atoms with van der Waals surface area (Å²) in [5.74, 6) is 2.54. The number of furan rings is 1. The number of nitrogens with zero attached hydrogens (tertiary/aromatic N) is 2. The minimum atomic E-state index is -1.25. The fraction of sp³-hybridized carbons (Fsp3) is 0.611. The third-order valence-electron chi connectivity index (χ3n) is 4.65. The van der Waals surface area contributed by atoms with E-state index in [0.717, 1.165) is 18.6 Å². The predicted octanol–water partition coefficient (Wildman–Crippen LogP) is 2.59. The number of aromatic nitrogens is 2. The summed E-state index contributed by atoms with van der Waals surface area (Å²) < 4.78 is 11.1. The Morgan fingerprint density at radius 3 is 2.76 bits per heavy atom. The van der Waals surface area contributed by atoms with Gasteiger partial charge in [0.1, 0.15) is 17.1 Å². The first-order valence-corrected chi connectivity index (χ1v) is 8.82. The topological polar surface area (TPSA) is 101 Å². The molecular weight excluding hydrogens is 322 g/mol. The quantitative estimate of drug-likeness (QED) is 0.798. The van der Waals surface area contributed by atoms with Crippen LogP contribution < -0.4 is 5.32 Å². The first-order chi connectivity index (χ1) is 11.9. The zero-order chi connectivity index (χ0) is 17.9. The average Bonchev–Trinajstić information content (AvgIpc) is 3.31. The summed E-state index contributed by atoms with van der Waals surface area (Å²) in [4.78, 5) is 12.0. The number of amides is 1. The van der Waals surface area contributed by atoms with E-state index < -0.39 is 5.60 Å². The minimum absolute atomic E-state index is 0.0793. The van der Waals surface area contributed by atoms with E-state index in [2.05, 4.69) is 15.5 Å². The largest absolute Gasteiger partial charge is 0.463 e. The van der Waals surface area contributed by atoms with Gasteiger partial charge in [0.05, 0.1) is 6.54 Å². The first-order valence-electron chi connectivity index (χ1n) is 8.82. The van der Waals surface area contributed by atoms with E-state index in [1.54, 1.807) is 19.1 Å². The molecule has 0 saturated heterocycles. The molecule has 136 valence electrons. The van der Waals surface area contributed by atoms with Crippen molar-refractivity contribution in [1.29, 1.82) is 0 Å². The lowest BCUT2D eigenvalue weighted by Gasteiger charge is -2.21. The molecule has 1 aliphatic rings. The minimum Gasteiger partial charge on any atom is -0.463 e. The van der Waals surface area contributed by atoms with Crippen molar-refractivity contribution in [2.75, 3.05) is 6.54 Å². The van der Waals surface area contributed by atoms with Crippen LogP contribution in [0.5, 0.6) is 0 Å². The molecule has 1 saturated carbocycles. The molecule has 1 aliphatic carbocycles. The van der Waals surface area contributed by atoms with Crippen molar-refractivity contribution in [2.45, 2.75) is 63.9 Å². The van der Waals surface area contributed by atoms with E-state index in [4.69, 9.17) is 8.83 Å². The second-order valence-electron chi connectivity index (χ2n) is 6.98. The third-order valence-corrected chi connectivity index (χ3v) is 4.65. The van der Waals surface area contributed by atoms with Crippen LogP contribution in [-0.4, -0.2) is 27.8 Å². The van der Waals surface area contributed by atoms with Gasteiger partial charge in [-0.05, 0) is 38.8 Å². The summed E-state index contributed by atoms with van der Waals surface area (Å²) in [6.45, 7) is 3.50. The number of hydrogen-bond acceptors (Lipinski definition) is 6. The molecule has 0 bridgehead atoms. The van der Waals surface area contributed by atoms with Gasteiger partial charge in [0, 0.05) is 18.8 Å². The molecule has 0 radical (unpaired) electrons. The average molecular weight is 347 g/mol. The highest BCUT2D eigenvalue weighted by Crippen LogP contribution is 2.33. The van der Waals surface area contributed by atoms with Gasteiger partial charge < -0.3 is 19.3 Å². The molecule has 1 fully saturated rings. The monoisotopic (exact) mass is 347 g/mol. The van der Waals surface area contributed by atoms with Gasteiger partial charge in [-0.25, -0.2) is 0 Å². The standard InChI is InChI=1S/C18H25N3O4/c1-12-7-8-14(24-12)18(2,23)11-19-15(22)9-10-16-20-21-17(25-16)13-5-3-4-6-13/h7-8,13,23H,3-6,9-11H2,1-2H3,(H,19,22). The van der Waals surface area contributed by atoms with E-state index in [9.17, 15) is 9.90 Å². The van der Waals surface area contributed by atoms with Gasteiger partial charge in [0.15, 0.2) is 0 Å². The molecule has 25 heavy (non-hydrogen) atoms. The highest BCUT2D eigenvalue weighted by Gasteiger charge is 2.27. The number of aryl methyl sites for hydroxylation is 2. The van der Waals surface area contributed by atoms with Crippen LogP contribution in [0.3, 0.4) is 0 Å². The molecule has 0 aromatic carbocycles. The van der Waals surface area contributed by atoms with Gasteiger partial charge in [-0.1, -0.05) is 12.8 Å². The Morgan fingerprint density at radius 2 is 2.08 bits per heavy atom. The molecule has 7 heteroatoms. The number of rotatable bonds is 7. The molecule has 1 atom stereocenters. The molecule has 3 rings (SSSR count). The van der Waals surface area contributed by atoms with Crippen molar-refractivity contribution in [3.05, 3.63) is 35.4 Å². The Hall–Kier alpha value is -2.15. The summed E-state index contributed by atoms with van der Waals surface area (Å²) in [6, 6.07) is 3.49. The molecule has 2 aromatic heterocycles. The van der Waals surface area contributed by atoms with Gasteiger partial charge in [-0.3, -0.25) is 4.79 Å². The van der Waals surface area contributed by atoms with Crippen LogP contribution in [0.4, 0.5) is 0 Å². The maximum atomic E-state index is 12.0. The number of hydrogen-bond donors (Lipinski definition) is 2. The number of nitrogens with one attached hydrogen (secondary N) is 1. The smallest absolute Gasteiger partial charge is 0.220 e. The van der Waals surface area contributed by atoms with Crippen molar-refractivity contribution in [1.82, 2.24) is 15.5 Å². The van der Waals surface area contributed by atoms with Gasteiger partial charge in [-0.2, -0.15) is 0 Å². The maximum absolute atomic E-state index is 12.0. The Kier molecular flexibility index (Phi) is 5.22. The number of aliphatic hydroxyl groups is 1. The Balaban J connectivity index is 1.45. The maximum Gasteiger partial charge on any atom is 0.220 e. The van der Waals surface area contributed by atoms with Crippen molar-refractivity contribution >= 4 is 5.91 Å². The summed E-state index contributed by atoms with van der Waals surface area (Å²) in [7, 11) is 0. The van der Waals surface area contributed by atoms with Crippen LogP contribution in [0.1, 0.15) is 68.2 Å². The Bertz CT molecular complexity index is 713. The van der Waals surface area contributed by atoms with Crippen LogP contribution in [0.2, 0.25) is 0 Å². The van der Waals surface area contributed by atoms with E-state index >= 15 is 0 Å². The summed E-state index contributed by atoms with van der Waals surface area (Å²) in [5, 5.41) is 21.3. The zero-order valence-corrected chi connectivity index (χ0v) is 14.7. The lowest BCUT2D eigenvalue weighted by molar-refractivity contribution is -0.122. The predicted molar refractivity (Wildman–Crippen MR) is 89.9 cm³/mol. The van der Waals surface area contributed by atoms with Crippen LogP contribution >= 0.6 is 0 Å². The SMILES string of the molecule is Cc1ccc(C(C)(O)CNC(=O)CCc2nnc(C3CCCC3)o2)o1. The van der Waals surface area contributed by atoms with Crippen LogP contribution in [0.25, 0.3) is 0 Å². The lowest BCUT2D eigenvalue weighted by Crippen LogP contribution is -2.38. The van der Waals surface area contributed by atoms with Crippen LogP contribution in [0.15, 0.2) is 21.0 Å². The van der Waals surface area contributed by atoms with Crippen LogP contribution in [-0.2, 0) is 16.8 Å². The van der Waals surface area contributed by atoms with E-state index in [1.807, 2.05) is 6.92 Å². The van der Waals surface area contributed by atoms with Gasteiger partial charge in [0.2, 0.25) is 17.7 Å². The zero-order valence-electron chi connectivity index (χ0n) is 14.7. The fourth-order valence-corrected chi connectivity index (χ4v) is 3.10. The molecule has 1 unspecified atom stereocenters. The summed E-state index contributed by atoms with van der Waals surface area (Å²) in [6.07, 6.45) is 5.25. The second-order valence-corrected chi connectivity index (χ2v) is 6.98. The van der Waals surface area contributed by atoms with Crippen LogP contribution in [0, 0.1) is 6.92 Å². The molecule has 7 nitrogen and oxygen atoms in total. The van der Waals surface area contributed by atoms with E-state index in [0.29, 0.717) is 29.9 Å². The molecule has 2 heterocycles. The van der Waals surface area contributed by atoms with E-state index in [1.165, 1.54) is 12.8 Å². The second kappa shape index (κ2) is 7.39. The van der Waals surface area contributed by atoms with Crippen molar-refractivity contribution in [2.24, 2.45) is 0 Å². The van der Waals surface area contributed by atoms with Gasteiger partial charge >= 0.3 is 0 Å². The number of carbonyl (C=O) groups is 1. The highest BCUT2D eigenvalue weighted by atomic mass is 16.4. The Morgan fingerprint density at radius 1 is 1.32 bits per heavy atom. The lowest BCUT2D eigenvalue weighted by atomic mass is 10.0. The van der Waals surface area contributed by atoms with Crippen molar-refractivity contribution in [3.63, 3.8) is 0 Å². The fourth-order valence-electron chi connectivity index (χ4n) is 3.10. The molecule has 0 aliphatic heterocycles. The molecule has 1 amide bonds. The number of carbonyl (C=O) groups excluding carboxylic acids is 1.